The van der Waals surface area contributed by atoms with Crippen molar-refractivity contribution in [3.8, 4) is 0 Å². The van der Waals surface area contributed by atoms with Crippen LogP contribution in [0.1, 0.15) is 31.4 Å². The van der Waals surface area contributed by atoms with Gasteiger partial charge in [-0.1, -0.05) is 6.92 Å². The van der Waals surface area contributed by atoms with Gasteiger partial charge in [-0.3, -0.25) is 5.10 Å². The average Bonchev–Trinajstić information content (AvgIpc) is 2.81. The Hall–Kier alpha value is -0.950. The molecule has 96 valence electrons. The van der Waals surface area contributed by atoms with Gasteiger partial charge < -0.3 is 5.73 Å². The van der Waals surface area contributed by atoms with Gasteiger partial charge in [-0.05, 0) is 19.4 Å². The fraction of sp³-hybridized carbons (Fsp3) is 0.800. The van der Waals surface area contributed by atoms with Gasteiger partial charge in [0.25, 0.3) is 0 Å². The molecule has 1 fully saturated rings. The molecule has 0 aromatic carbocycles. The zero-order valence-electron chi connectivity index (χ0n) is 9.94. The summed E-state index contributed by atoms with van der Waals surface area (Å²) in [5.41, 5.74) is 4.99. The first kappa shape index (κ1) is 12.5. The second kappa shape index (κ2) is 4.38. The van der Waals surface area contributed by atoms with Crippen molar-refractivity contribution in [3.63, 3.8) is 0 Å². The van der Waals surface area contributed by atoms with E-state index in [1.54, 1.807) is 0 Å². The van der Waals surface area contributed by atoms with E-state index in [9.17, 15) is 8.42 Å². The number of hydrogen-bond donors (Lipinski definition) is 2. The molecule has 0 aliphatic carbocycles. The van der Waals surface area contributed by atoms with Gasteiger partial charge in [0.15, 0.2) is 15.7 Å². The summed E-state index contributed by atoms with van der Waals surface area (Å²) in [6, 6.07) is 0. The maximum Gasteiger partial charge on any atom is 0.157 e. The van der Waals surface area contributed by atoms with E-state index in [1.165, 1.54) is 0 Å². The van der Waals surface area contributed by atoms with Crippen LogP contribution in [0.5, 0.6) is 0 Å². The van der Waals surface area contributed by atoms with Crippen molar-refractivity contribution in [2.45, 2.75) is 31.6 Å². The molecule has 1 saturated heterocycles. The lowest BCUT2D eigenvalue weighted by molar-refractivity contribution is 0.502. The van der Waals surface area contributed by atoms with Gasteiger partial charge in [0.1, 0.15) is 5.82 Å². The lowest BCUT2D eigenvalue weighted by Gasteiger charge is -2.16. The van der Waals surface area contributed by atoms with E-state index in [0.717, 1.165) is 18.7 Å². The SMILES string of the molecule is CC1(c2n[nH]c(CCCN)n2)CCS(=O)(=O)C1. The molecule has 7 heteroatoms. The van der Waals surface area contributed by atoms with Gasteiger partial charge in [-0.2, -0.15) is 5.10 Å². The molecule has 3 N–H and O–H groups in total. The van der Waals surface area contributed by atoms with Gasteiger partial charge in [-0.25, -0.2) is 13.4 Å². The molecule has 1 aliphatic rings. The third-order valence-corrected chi connectivity index (χ3v) is 5.10. The molecule has 17 heavy (non-hydrogen) atoms. The highest BCUT2D eigenvalue weighted by Gasteiger charge is 2.42. The lowest BCUT2D eigenvalue weighted by atomic mass is 9.89. The molecular weight excluding hydrogens is 240 g/mol. The molecule has 0 spiro atoms. The average molecular weight is 258 g/mol. The van der Waals surface area contributed by atoms with E-state index in [2.05, 4.69) is 15.2 Å². The lowest BCUT2D eigenvalue weighted by Crippen LogP contribution is -2.25. The number of rotatable bonds is 4. The normalized spacial score (nSPS) is 27.4. The topological polar surface area (TPSA) is 102 Å². The Kier molecular flexibility index (Phi) is 3.22. The number of aryl methyl sites for hydroxylation is 1. The summed E-state index contributed by atoms with van der Waals surface area (Å²) in [5, 5.41) is 7.01. The number of aromatic nitrogens is 3. The fourth-order valence-corrected chi connectivity index (χ4v) is 4.28. The molecule has 0 bridgehead atoms. The minimum Gasteiger partial charge on any atom is -0.330 e. The van der Waals surface area contributed by atoms with Crippen molar-refractivity contribution in [3.05, 3.63) is 11.6 Å². The molecule has 2 rings (SSSR count). The van der Waals surface area contributed by atoms with Crippen LogP contribution in [0.25, 0.3) is 0 Å². The first-order chi connectivity index (χ1) is 7.95. The molecule has 1 aromatic rings. The van der Waals surface area contributed by atoms with Crippen LogP contribution in [0.15, 0.2) is 0 Å². The van der Waals surface area contributed by atoms with Crippen molar-refractivity contribution in [1.29, 1.82) is 0 Å². The predicted molar refractivity (Wildman–Crippen MR) is 64.4 cm³/mol. The number of hydrogen-bond acceptors (Lipinski definition) is 5. The summed E-state index contributed by atoms with van der Waals surface area (Å²) >= 11 is 0. The van der Waals surface area contributed by atoms with Crippen molar-refractivity contribution in [2.75, 3.05) is 18.1 Å². The Bertz CT molecular complexity index is 496. The van der Waals surface area contributed by atoms with E-state index in [0.29, 0.717) is 18.8 Å². The predicted octanol–water partition coefficient (Wildman–Crippen LogP) is -0.228. The van der Waals surface area contributed by atoms with Gasteiger partial charge >= 0.3 is 0 Å². The molecule has 1 unspecified atom stereocenters. The summed E-state index contributed by atoms with van der Waals surface area (Å²) in [6.45, 7) is 2.52. The van der Waals surface area contributed by atoms with E-state index < -0.39 is 15.3 Å². The molecule has 6 nitrogen and oxygen atoms in total. The van der Waals surface area contributed by atoms with Crippen molar-refractivity contribution in [2.24, 2.45) is 5.73 Å². The van der Waals surface area contributed by atoms with Crippen LogP contribution >= 0.6 is 0 Å². The van der Waals surface area contributed by atoms with Gasteiger partial charge in [-0.15, -0.1) is 0 Å². The van der Waals surface area contributed by atoms with Crippen LogP contribution in [0.3, 0.4) is 0 Å². The largest absolute Gasteiger partial charge is 0.330 e. The zero-order valence-corrected chi connectivity index (χ0v) is 10.8. The summed E-state index contributed by atoms with van der Waals surface area (Å²) in [4.78, 5) is 4.38. The fourth-order valence-electron chi connectivity index (χ4n) is 2.13. The molecule has 0 saturated carbocycles. The maximum absolute atomic E-state index is 11.5. The number of H-pyrrole nitrogens is 1. The van der Waals surface area contributed by atoms with Crippen LogP contribution < -0.4 is 5.73 Å². The Morgan fingerprint density at radius 3 is 2.88 bits per heavy atom. The molecular formula is C10H18N4O2S. The van der Waals surface area contributed by atoms with E-state index in [4.69, 9.17) is 5.73 Å². The van der Waals surface area contributed by atoms with E-state index in [1.807, 2.05) is 6.92 Å². The summed E-state index contributed by atoms with van der Waals surface area (Å²) in [6.07, 6.45) is 2.21. The standard InChI is InChI=1S/C10H18N4O2S/c1-10(4-6-17(15,16)7-10)9-12-8(13-14-9)3-2-5-11/h2-7,11H2,1H3,(H,12,13,14). The number of nitrogens with two attached hydrogens (primary N) is 1. The number of nitrogens with one attached hydrogen (secondary N) is 1. The van der Waals surface area contributed by atoms with Crippen LogP contribution in [0, 0.1) is 0 Å². The van der Waals surface area contributed by atoms with Gasteiger partial charge in [0.05, 0.1) is 11.5 Å². The summed E-state index contributed by atoms with van der Waals surface area (Å²) in [7, 11) is -2.92. The molecule has 1 aromatic heterocycles. The van der Waals surface area contributed by atoms with E-state index >= 15 is 0 Å². The molecule has 1 aliphatic heterocycles. The maximum atomic E-state index is 11.5. The van der Waals surface area contributed by atoms with Crippen LogP contribution in [0.2, 0.25) is 0 Å². The third kappa shape index (κ3) is 2.66. The Labute approximate surface area is 101 Å². The number of sulfone groups is 1. The monoisotopic (exact) mass is 258 g/mol. The molecule has 2 heterocycles. The number of nitrogens with zero attached hydrogens (tertiary/aromatic N) is 2. The van der Waals surface area contributed by atoms with Crippen molar-refractivity contribution >= 4 is 9.84 Å². The second-order valence-electron chi connectivity index (χ2n) is 4.90. The highest BCUT2D eigenvalue weighted by atomic mass is 32.2. The smallest absolute Gasteiger partial charge is 0.157 e. The summed E-state index contributed by atoms with van der Waals surface area (Å²) < 4.78 is 23.0. The van der Waals surface area contributed by atoms with Crippen LogP contribution in [-0.2, 0) is 21.7 Å². The van der Waals surface area contributed by atoms with Crippen molar-refractivity contribution < 1.29 is 8.42 Å². The first-order valence-corrected chi connectivity index (χ1v) is 7.60. The van der Waals surface area contributed by atoms with E-state index in [-0.39, 0.29) is 11.5 Å². The quantitative estimate of drug-likeness (QED) is 0.777. The first-order valence-electron chi connectivity index (χ1n) is 5.77. The molecule has 0 radical (unpaired) electrons. The summed E-state index contributed by atoms with van der Waals surface area (Å²) in [5.74, 6) is 1.78. The third-order valence-electron chi connectivity index (χ3n) is 3.19. The van der Waals surface area contributed by atoms with Gasteiger partial charge in [0.2, 0.25) is 0 Å². The minimum atomic E-state index is -2.92. The molecule has 1 atom stereocenters. The highest BCUT2D eigenvalue weighted by Crippen LogP contribution is 2.33. The Morgan fingerprint density at radius 2 is 2.29 bits per heavy atom. The second-order valence-corrected chi connectivity index (χ2v) is 7.08. The molecule has 0 amide bonds. The van der Waals surface area contributed by atoms with Crippen LogP contribution in [0.4, 0.5) is 0 Å². The minimum absolute atomic E-state index is 0.147. The van der Waals surface area contributed by atoms with Gasteiger partial charge in [0, 0.05) is 11.8 Å². The van der Waals surface area contributed by atoms with Crippen molar-refractivity contribution in [1.82, 2.24) is 15.2 Å². The highest BCUT2D eigenvalue weighted by molar-refractivity contribution is 7.91. The van der Waals surface area contributed by atoms with Crippen LogP contribution in [-0.4, -0.2) is 41.6 Å². The Balaban J connectivity index is 2.15. The Morgan fingerprint density at radius 1 is 1.53 bits per heavy atom. The number of aromatic amines is 1. The zero-order chi connectivity index (χ0) is 12.5.